The van der Waals surface area contributed by atoms with E-state index in [0.717, 1.165) is 38.8 Å². The average Bonchev–Trinajstić information content (AvgIpc) is 2.69. The van der Waals surface area contributed by atoms with E-state index >= 15 is 0 Å². The van der Waals surface area contributed by atoms with Crippen molar-refractivity contribution in [1.29, 1.82) is 0 Å². The molecule has 0 saturated carbocycles. The highest BCUT2D eigenvalue weighted by atomic mass is 16.4. The fraction of sp³-hybridized carbons (Fsp3) is 0.778. The first-order valence-corrected chi connectivity index (χ1v) is 9.70. The molecule has 0 radical (unpaired) electrons. The summed E-state index contributed by atoms with van der Waals surface area (Å²) in [6, 6.07) is -1.15. The monoisotopic (exact) mass is 382 g/mol. The van der Waals surface area contributed by atoms with E-state index < -0.39 is 12.0 Å². The number of carbonyl (C=O) groups is 4. The Kier molecular flexibility index (Phi) is 8.50. The zero-order chi connectivity index (χ0) is 19.6. The summed E-state index contributed by atoms with van der Waals surface area (Å²) in [5.74, 6) is -1.13. The molecule has 2 aliphatic rings. The van der Waals surface area contributed by atoms with E-state index in [1.165, 1.54) is 0 Å². The molecule has 4 N–H and O–H groups in total. The van der Waals surface area contributed by atoms with Gasteiger partial charge in [0.2, 0.25) is 18.2 Å². The van der Waals surface area contributed by atoms with Crippen molar-refractivity contribution in [2.45, 2.75) is 44.6 Å². The first kappa shape index (κ1) is 21.1. The van der Waals surface area contributed by atoms with E-state index in [1.807, 2.05) is 0 Å². The predicted octanol–water partition coefficient (Wildman–Crippen LogP) is -0.680. The Balaban J connectivity index is 1.76. The standard InChI is InChI=1S/C18H30N4O5/c23-12-21-15(18(26)27)10-20-17(25)14-2-1-9-22(11-14)16(24)4-3-13-5-7-19-8-6-13/h12-15,19H,1-11H2,(H,20,25)(H,21,23)(H,26,27). The van der Waals surface area contributed by atoms with Crippen LogP contribution in [0.15, 0.2) is 0 Å². The maximum absolute atomic E-state index is 12.5. The Morgan fingerprint density at radius 2 is 1.96 bits per heavy atom. The molecule has 2 fully saturated rings. The third-order valence-electron chi connectivity index (χ3n) is 5.42. The van der Waals surface area contributed by atoms with Crippen LogP contribution >= 0.6 is 0 Å². The van der Waals surface area contributed by atoms with Crippen molar-refractivity contribution >= 4 is 24.2 Å². The summed E-state index contributed by atoms with van der Waals surface area (Å²) < 4.78 is 0. The lowest BCUT2D eigenvalue weighted by Gasteiger charge is -2.33. The molecule has 2 saturated heterocycles. The molecule has 0 aromatic heterocycles. The number of hydrogen-bond donors (Lipinski definition) is 4. The molecule has 2 aliphatic heterocycles. The van der Waals surface area contributed by atoms with Gasteiger partial charge < -0.3 is 26.0 Å². The molecule has 9 heteroatoms. The van der Waals surface area contributed by atoms with Crippen LogP contribution in [-0.4, -0.2) is 73.0 Å². The van der Waals surface area contributed by atoms with Crippen LogP contribution < -0.4 is 16.0 Å². The van der Waals surface area contributed by atoms with Gasteiger partial charge in [0.05, 0.1) is 5.92 Å². The van der Waals surface area contributed by atoms with Crippen LogP contribution in [0.1, 0.15) is 38.5 Å². The minimum Gasteiger partial charge on any atom is -0.480 e. The molecule has 2 unspecified atom stereocenters. The molecular formula is C18H30N4O5. The predicted molar refractivity (Wildman–Crippen MR) is 97.8 cm³/mol. The third-order valence-corrected chi connectivity index (χ3v) is 5.42. The van der Waals surface area contributed by atoms with E-state index in [-0.39, 0.29) is 24.3 Å². The SMILES string of the molecule is O=CNC(CNC(=O)C1CCCN(C(=O)CCC2CCNCC2)C1)C(=O)O. The molecular weight excluding hydrogens is 352 g/mol. The second-order valence-corrected chi connectivity index (χ2v) is 7.33. The number of carbonyl (C=O) groups excluding carboxylic acids is 3. The van der Waals surface area contributed by atoms with Crippen LogP contribution in [-0.2, 0) is 19.2 Å². The number of likely N-dealkylation sites (tertiary alicyclic amines) is 1. The first-order valence-electron chi connectivity index (χ1n) is 9.70. The molecule has 3 amide bonds. The zero-order valence-electron chi connectivity index (χ0n) is 15.6. The molecule has 0 aliphatic carbocycles. The number of nitrogens with zero attached hydrogens (tertiary/aromatic N) is 1. The topological polar surface area (TPSA) is 128 Å². The Bertz CT molecular complexity index is 536. The van der Waals surface area contributed by atoms with E-state index in [4.69, 9.17) is 5.11 Å². The molecule has 0 aromatic carbocycles. The van der Waals surface area contributed by atoms with E-state index in [2.05, 4.69) is 16.0 Å². The van der Waals surface area contributed by atoms with Crippen molar-refractivity contribution in [2.24, 2.45) is 11.8 Å². The fourth-order valence-corrected chi connectivity index (χ4v) is 3.72. The van der Waals surface area contributed by atoms with Crippen LogP contribution in [0.4, 0.5) is 0 Å². The second-order valence-electron chi connectivity index (χ2n) is 7.33. The summed E-state index contributed by atoms with van der Waals surface area (Å²) >= 11 is 0. The summed E-state index contributed by atoms with van der Waals surface area (Å²) in [5, 5.41) is 17.0. The molecule has 0 bridgehead atoms. The number of carboxylic acids is 1. The zero-order valence-corrected chi connectivity index (χ0v) is 15.6. The Morgan fingerprint density at radius 3 is 2.63 bits per heavy atom. The maximum Gasteiger partial charge on any atom is 0.328 e. The Hall–Kier alpha value is -2.16. The highest BCUT2D eigenvalue weighted by Gasteiger charge is 2.29. The number of aliphatic carboxylic acids is 1. The van der Waals surface area contributed by atoms with Gasteiger partial charge in [-0.3, -0.25) is 14.4 Å². The van der Waals surface area contributed by atoms with Crippen LogP contribution in [0.2, 0.25) is 0 Å². The van der Waals surface area contributed by atoms with Crippen molar-refractivity contribution in [3.8, 4) is 0 Å². The number of nitrogens with one attached hydrogen (secondary N) is 3. The van der Waals surface area contributed by atoms with Crippen LogP contribution in [0.3, 0.4) is 0 Å². The van der Waals surface area contributed by atoms with Crippen LogP contribution in [0, 0.1) is 11.8 Å². The van der Waals surface area contributed by atoms with Crippen molar-refractivity contribution < 1.29 is 24.3 Å². The number of hydrogen-bond acceptors (Lipinski definition) is 5. The van der Waals surface area contributed by atoms with Gasteiger partial charge in [-0.25, -0.2) is 4.79 Å². The molecule has 2 heterocycles. The quantitative estimate of drug-likeness (QED) is 0.391. The maximum atomic E-state index is 12.5. The molecule has 27 heavy (non-hydrogen) atoms. The largest absolute Gasteiger partial charge is 0.480 e. The summed E-state index contributed by atoms with van der Waals surface area (Å²) in [6.07, 6.45) is 5.36. The number of rotatable bonds is 9. The Morgan fingerprint density at radius 1 is 1.22 bits per heavy atom. The van der Waals surface area contributed by atoms with Gasteiger partial charge in [-0.05, 0) is 51.1 Å². The summed E-state index contributed by atoms with van der Waals surface area (Å²) in [5.41, 5.74) is 0. The lowest BCUT2D eigenvalue weighted by Crippen LogP contribution is -2.50. The lowest BCUT2D eigenvalue weighted by atomic mass is 9.92. The number of carboxylic acid groups (broad SMARTS) is 1. The number of amides is 3. The fourth-order valence-electron chi connectivity index (χ4n) is 3.72. The molecule has 2 atom stereocenters. The van der Waals surface area contributed by atoms with Crippen molar-refractivity contribution in [3.05, 3.63) is 0 Å². The van der Waals surface area contributed by atoms with E-state index in [1.54, 1.807) is 4.90 Å². The van der Waals surface area contributed by atoms with Gasteiger partial charge in [-0.15, -0.1) is 0 Å². The van der Waals surface area contributed by atoms with Gasteiger partial charge >= 0.3 is 5.97 Å². The van der Waals surface area contributed by atoms with Gasteiger partial charge in [0.1, 0.15) is 6.04 Å². The summed E-state index contributed by atoms with van der Waals surface area (Å²) in [4.78, 5) is 48.0. The van der Waals surface area contributed by atoms with Crippen LogP contribution in [0.5, 0.6) is 0 Å². The molecule has 9 nitrogen and oxygen atoms in total. The van der Waals surface area contributed by atoms with E-state index in [9.17, 15) is 19.2 Å². The van der Waals surface area contributed by atoms with Gasteiger partial charge in [-0.1, -0.05) is 0 Å². The smallest absolute Gasteiger partial charge is 0.328 e. The van der Waals surface area contributed by atoms with Crippen molar-refractivity contribution in [1.82, 2.24) is 20.9 Å². The molecule has 152 valence electrons. The first-order chi connectivity index (χ1) is 13.0. The van der Waals surface area contributed by atoms with Gasteiger partial charge in [-0.2, -0.15) is 0 Å². The summed E-state index contributed by atoms with van der Waals surface area (Å²) in [7, 11) is 0. The van der Waals surface area contributed by atoms with Gasteiger partial charge in [0, 0.05) is 26.1 Å². The van der Waals surface area contributed by atoms with Crippen LogP contribution in [0.25, 0.3) is 0 Å². The lowest BCUT2D eigenvalue weighted by molar-refractivity contribution is -0.140. The normalized spacial score (nSPS) is 21.9. The highest BCUT2D eigenvalue weighted by Crippen LogP contribution is 2.21. The number of piperidine rings is 2. The summed E-state index contributed by atoms with van der Waals surface area (Å²) in [6.45, 7) is 2.89. The van der Waals surface area contributed by atoms with Gasteiger partial charge in [0.25, 0.3) is 0 Å². The highest BCUT2D eigenvalue weighted by molar-refractivity contribution is 5.82. The second kappa shape index (κ2) is 10.9. The van der Waals surface area contributed by atoms with Crippen molar-refractivity contribution in [3.63, 3.8) is 0 Å². The van der Waals surface area contributed by atoms with Crippen molar-refractivity contribution in [2.75, 3.05) is 32.7 Å². The molecule has 0 aromatic rings. The van der Waals surface area contributed by atoms with Gasteiger partial charge in [0.15, 0.2) is 0 Å². The molecule has 0 spiro atoms. The minimum atomic E-state index is -1.21. The molecule has 2 rings (SSSR count). The van der Waals surface area contributed by atoms with E-state index in [0.29, 0.717) is 38.3 Å². The third kappa shape index (κ3) is 6.82. The minimum absolute atomic E-state index is 0.0945. The Labute approximate surface area is 159 Å². The average molecular weight is 382 g/mol.